The maximum absolute atomic E-state index is 9.07. The summed E-state index contributed by atoms with van der Waals surface area (Å²) in [5, 5.41) is 4.85. The molecule has 0 aliphatic carbocycles. The second-order valence-corrected chi connectivity index (χ2v) is 0.447. The van der Waals surface area contributed by atoms with Crippen LogP contribution in [0.3, 0.4) is 0 Å². The molecule has 0 amide bonds. The number of rotatable bonds is 2. The van der Waals surface area contributed by atoms with Gasteiger partial charge in [0.05, 0.1) is 0 Å². The van der Waals surface area contributed by atoms with Crippen molar-refractivity contribution in [1.82, 2.24) is 0 Å². The zero-order valence-corrected chi connectivity index (χ0v) is 5.24. The van der Waals surface area contributed by atoms with E-state index in [2.05, 4.69) is 15.2 Å². The Labute approximate surface area is 48.0 Å². The average molecular weight is 134 g/mol. The molecule has 1 atom stereocenters. The highest BCUT2D eigenvalue weighted by atomic mass is 31.0. The molecule has 0 saturated carbocycles. The molecule has 8 heavy (non-hydrogen) atoms. The molecule has 0 spiro atoms. The van der Waals surface area contributed by atoms with Gasteiger partial charge in [0, 0.05) is 10.3 Å². The first-order chi connectivity index (χ1) is 3.41. The van der Waals surface area contributed by atoms with Crippen molar-refractivity contribution in [2.24, 2.45) is 10.3 Å². The molecule has 0 aromatic heterocycles. The third kappa shape index (κ3) is 8.89. The van der Waals surface area contributed by atoms with Crippen molar-refractivity contribution in [2.45, 2.75) is 0 Å². The molecule has 1 unspecified atom stereocenters. The van der Waals surface area contributed by atoms with Crippen LogP contribution in [0.25, 0.3) is 0 Å². The van der Waals surface area contributed by atoms with E-state index >= 15 is 0 Å². The molecular formula is C2H3N2O3P. The van der Waals surface area contributed by atoms with Crippen LogP contribution in [-0.2, 0) is 14.5 Å². The van der Waals surface area contributed by atoms with Gasteiger partial charge in [-0.15, -0.1) is 0 Å². The fraction of sp³-hybridized carbons (Fsp3) is 0. The summed E-state index contributed by atoms with van der Waals surface area (Å²) in [5.74, 6) is 0. The lowest BCUT2D eigenvalue weighted by molar-refractivity contribution is 0.154. The molecule has 6 heteroatoms. The summed E-state index contributed by atoms with van der Waals surface area (Å²) in [5.41, 5.74) is 0. The molecule has 0 N–H and O–H groups in total. The van der Waals surface area contributed by atoms with Gasteiger partial charge in [0.15, 0.2) is 0 Å². The van der Waals surface area contributed by atoms with Crippen molar-refractivity contribution >= 4 is 22.1 Å². The maximum atomic E-state index is 9.07. The average Bonchev–Trinajstić information content (AvgIpc) is 1.69. The zero-order chi connectivity index (χ0) is 5.54. The first kappa shape index (κ1) is 10.1. The van der Waals surface area contributed by atoms with Gasteiger partial charge in [0.25, 0.3) is 12.2 Å². The molecule has 0 heterocycles. The molecule has 5 nitrogen and oxygen atoms in total. The molecule has 0 radical (unpaired) electrons. The summed E-state index contributed by atoms with van der Waals surface area (Å²) in [4.78, 5) is 21.7. The van der Waals surface area contributed by atoms with E-state index in [1.807, 2.05) is 0 Å². The predicted molar refractivity (Wildman–Crippen MR) is 28.4 cm³/mol. The van der Waals surface area contributed by atoms with Gasteiger partial charge >= 0.3 is 0 Å². The van der Waals surface area contributed by atoms with Crippen molar-refractivity contribution in [1.29, 1.82) is 0 Å². The molecule has 0 aliphatic rings. The highest BCUT2D eigenvalue weighted by Crippen LogP contribution is 1.65. The van der Waals surface area contributed by atoms with Crippen molar-refractivity contribution in [3.05, 3.63) is 0 Å². The van der Waals surface area contributed by atoms with Crippen molar-refractivity contribution < 1.29 is 14.5 Å². The summed E-state index contributed by atoms with van der Waals surface area (Å²) in [7, 11) is 0. The minimum atomic E-state index is 0. The van der Waals surface area contributed by atoms with E-state index in [-0.39, 0.29) is 9.90 Å². The Kier molecular flexibility index (Phi) is 11.8. The van der Waals surface area contributed by atoms with E-state index in [1.54, 1.807) is 0 Å². The molecule has 0 saturated heterocycles. The first-order valence-corrected chi connectivity index (χ1v) is 1.22. The molecule has 0 aromatic rings. The summed E-state index contributed by atoms with van der Waals surface area (Å²) >= 11 is 0. The van der Waals surface area contributed by atoms with E-state index < -0.39 is 0 Å². The van der Waals surface area contributed by atoms with Crippen LogP contribution >= 0.6 is 9.90 Å². The lowest BCUT2D eigenvalue weighted by atomic mass is 11.6. The standard InChI is InChI=1S/C2N2O3.H3P/c5-1-3-7-4-2-6;/h;1H3. The first-order valence-electron chi connectivity index (χ1n) is 1.22. The monoisotopic (exact) mass is 134 g/mol. The van der Waals surface area contributed by atoms with Crippen LogP contribution in [0, 0.1) is 0 Å². The van der Waals surface area contributed by atoms with Gasteiger partial charge in [0.1, 0.15) is 0 Å². The quantitative estimate of drug-likeness (QED) is 0.222. The van der Waals surface area contributed by atoms with Crippen LogP contribution in [0.1, 0.15) is 0 Å². The van der Waals surface area contributed by atoms with Gasteiger partial charge in [-0.1, -0.05) is 0 Å². The molecule has 0 aromatic carbocycles. The van der Waals surface area contributed by atoms with Crippen LogP contribution in [0.2, 0.25) is 0 Å². The maximum Gasteiger partial charge on any atom is 0.279 e. The molecule has 0 aliphatic heterocycles. The highest BCUT2D eigenvalue weighted by molar-refractivity contribution is 6.92. The third-order valence-electron chi connectivity index (χ3n) is 0.156. The second kappa shape index (κ2) is 9.37. The van der Waals surface area contributed by atoms with E-state index in [1.165, 1.54) is 0 Å². The zero-order valence-electron chi connectivity index (χ0n) is 3.83. The Hall–Kier alpha value is -1.01. The molecule has 0 bridgehead atoms. The van der Waals surface area contributed by atoms with Gasteiger partial charge in [-0.2, -0.15) is 9.90 Å². The topological polar surface area (TPSA) is 68.1 Å². The Balaban J connectivity index is 0. The number of carbonyl (C=O) groups excluding carboxylic acids is 2. The van der Waals surface area contributed by atoms with E-state index in [0.29, 0.717) is 0 Å². The van der Waals surface area contributed by atoms with Crippen LogP contribution in [0.15, 0.2) is 10.3 Å². The van der Waals surface area contributed by atoms with Crippen LogP contribution in [-0.4, -0.2) is 12.2 Å². The van der Waals surface area contributed by atoms with Crippen molar-refractivity contribution in [2.75, 3.05) is 0 Å². The van der Waals surface area contributed by atoms with Crippen LogP contribution in [0.5, 0.6) is 0 Å². The molecule has 44 valence electrons. The summed E-state index contributed by atoms with van der Waals surface area (Å²) in [6, 6.07) is 0. The minimum absolute atomic E-state index is 0. The van der Waals surface area contributed by atoms with Gasteiger partial charge < -0.3 is 0 Å². The van der Waals surface area contributed by atoms with E-state index in [0.717, 1.165) is 12.2 Å². The van der Waals surface area contributed by atoms with Crippen molar-refractivity contribution in [3.63, 3.8) is 0 Å². The number of hydrogen-bond acceptors (Lipinski definition) is 5. The fourth-order valence-electron chi connectivity index (χ4n) is 0.0537. The number of isocyanates is 2. The summed E-state index contributed by atoms with van der Waals surface area (Å²) in [6.07, 6.45) is 1.97. The van der Waals surface area contributed by atoms with Crippen molar-refractivity contribution in [3.8, 4) is 0 Å². The van der Waals surface area contributed by atoms with Gasteiger partial charge in [0.2, 0.25) is 0 Å². The lowest BCUT2D eigenvalue weighted by Gasteiger charge is -1.66. The molecule has 0 fully saturated rings. The third-order valence-corrected chi connectivity index (χ3v) is 0.156. The second-order valence-electron chi connectivity index (χ2n) is 0.447. The SMILES string of the molecule is O=C=NON=C=O.P. The Bertz CT molecular complexity index is 118. The summed E-state index contributed by atoms with van der Waals surface area (Å²) < 4.78 is 0. The summed E-state index contributed by atoms with van der Waals surface area (Å²) in [6.45, 7) is 0. The Morgan fingerprint density at radius 3 is 1.75 bits per heavy atom. The van der Waals surface area contributed by atoms with Crippen LogP contribution in [0.4, 0.5) is 0 Å². The van der Waals surface area contributed by atoms with Crippen LogP contribution < -0.4 is 0 Å². The van der Waals surface area contributed by atoms with E-state index in [4.69, 9.17) is 9.59 Å². The highest BCUT2D eigenvalue weighted by Gasteiger charge is 1.61. The number of nitrogens with zero attached hydrogens (tertiary/aromatic N) is 2. The fourth-order valence-corrected chi connectivity index (χ4v) is 0.0537. The molecule has 0 rings (SSSR count). The number of hydrogen-bond donors (Lipinski definition) is 0. The van der Waals surface area contributed by atoms with Gasteiger partial charge in [-0.05, 0) is 0 Å². The normalized spacial score (nSPS) is 4.50. The molecular weight excluding hydrogens is 131 g/mol. The lowest BCUT2D eigenvalue weighted by Crippen LogP contribution is -1.61. The van der Waals surface area contributed by atoms with Gasteiger partial charge in [-0.3, -0.25) is 0 Å². The smallest absolute Gasteiger partial charge is 0.221 e. The largest absolute Gasteiger partial charge is 0.279 e. The van der Waals surface area contributed by atoms with Gasteiger partial charge in [-0.25, -0.2) is 14.5 Å². The minimum Gasteiger partial charge on any atom is -0.221 e. The predicted octanol–water partition coefficient (Wildman–Crippen LogP) is -0.437. The Morgan fingerprint density at radius 1 is 1.12 bits per heavy atom. The van der Waals surface area contributed by atoms with E-state index in [9.17, 15) is 0 Å². The Morgan fingerprint density at radius 2 is 1.50 bits per heavy atom.